The second-order valence-corrected chi connectivity index (χ2v) is 3.53. The van der Waals surface area contributed by atoms with Gasteiger partial charge in [-0.3, -0.25) is 0 Å². The highest BCUT2D eigenvalue weighted by Gasteiger charge is 2.31. The van der Waals surface area contributed by atoms with Gasteiger partial charge in [0.15, 0.2) is 0 Å². The molecule has 2 N–H and O–H groups in total. The molecule has 0 fully saturated rings. The molecule has 3 heteroatoms. The quantitative estimate of drug-likeness (QED) is 0.769. The molecule has 14 heavy (non-hydrogen) atoms. The summed E-state index contributed by atoms with van der Waals surface area (Å²) >= 11 is 0. The molecule has 0 aliphatic heterocycles. The van der Waals surface area contributed by atoms with Crippen molar-refractivity contribution in [1.82, 2.24) is 0 Å². The van der Waals surface area contributed by atoms with E-state index in [1.165, 1.54) is 5.56 Å². The molecule has 0 saturated carbocycles. The van der Waals surface area contributed by atoms with Crippen LogP contribution < -0.4 is 10.5 Å². The van der Waals surface area contributed by atoms with E-state index in [0.717, 1.165) is 17.7 Å². The topological polar surface area (TPSA) is 44.5 Å². The lowest BCUT2D eigenvalue weighted by molar-refractivity contribution is 0.0905. The van der Waals surface area contributed by atoms with Crippen molar-refractivity contribution in [1.29, 1.82) is 0 Å². The number of fused-ring (bicyclic) bond motifs is 1. The van der Waals surface area contributed by atoms with Crippen molar-refractivity contribution >= 4 is 0 Å². The maximum absolute atomic E-state index is 6.04. The van der Waals surface area contributed by atoms with Crippen LogP contribution in [0.15, 0.2) is 18.2 Å². The Morgan fingerprint density at radius 3 is 2.79 bits per heavy atom. The predicted molar refractivity (Wildman–Crippen MR) is 54.4 cm³/mol. The SMILES string of the molecule is COc1cccc2c1CC(OC)C2N. The van der Waals surface area contributed by atoms with Crippen LogP contribution in [0, 0.1) is 0 Å². The molecular formula is C11H15NO2. The minimum absolute atomic E-state index is 0.0231. The summed E-state index contributed by atoms with van der Waals surface area (Å²) in [5.74, 6) is 0.914. The summed E-state index contributed by atoms with van der Waals surface area (Å²) in [5.41, 5.74) is 8.38. The number of hydrogen-bond donors (Lipinski definition) is 1. The summed E-state index contributed by atoms with van der Waals surface area (Å²) in [4.78, 5) is 0. The van der Waals surface area contributed by atoms with Gasteiger partial charge in [0.1, 0.15) is 5.75 Å². The zero-order chi connectivity index (χ0) is 10.1. The zero-order valence-electron chi connectivity index (χ0n) is 8.49. The van der Waals surface area contributed by atoms with Crippen LogP contribution in [-0.4, -0.2) is 20.3 Å². The molecule has 2 atom stereocenters. The van der Waals surface area contributed by atoms with E-state index in [0.29, 0.717) is 0 Å². The lowest BCUT2D eigenvalue weighted by Crippen LogP contribution is -2.23. The molecular weight excluding hydrogens is 178 g/mol. The number of benzene rings is 1. The number of hydrogen-bond acceptors (Lipinski definition) is 3. The standard InChI is InChI=1S/C11H15NO2/c1-13-9-5-3-4-7-8(9)6-10(14-2)11(7)12/h3-5,10-11H,6,12H2,1-2H3. The van der Waals surface area contributed by atoms with Gasteiger partial charge in [-0.1, -0.05) is 12.1 Å². The second kappa shape index (κ2) is 3.59. The van der Waals surface area contributed by atoms with Crippen LogP contribution >= 0.6 is 0 Å². The van der Waals surface area contributed by atoms with Crippen LogP contribution in [0.3, 0.4) is 0 Å². The van der Waals surface area contributed by atoms with Gasteiger partial charge in [0.05, 0.1) is 19.3 Å². The van der Waals surface area contributed by atoms with Gasteiger partial charge >= 0.3 is 0 Å². The molecule has 0 saturated heterocycles. The average molecular weight is 193 g/mol. The number of methoxy groups -OCH3 is 2. The minimum Gasteiger partial charge on any atom is -0.496 e. The van der Waals surface area contributed by atoms with E-state index in [1.54, 1.807) is 14.2 Å². The largest absolute Gasteiger partial charge is 0.496 e. The number of nitrogens with two attached hydrogens (primary N) is 1. The van der Waals surface area contributed by atoms with Crippen molar-refractivity contribution in [2.45, 2.75) is 18.6 Å². The van der Waals surface area contributed by atoms with Crippen LogP contribution in [0.4, 0.5) is 0 Å². The first-order valence-electron chi connectivity index (χ1n) is 4.72. The van der Waals surface area contributed by atoms with E-state index in [4.69, 9.17) is 15.2 Å². The first-order chi connectivity index (χ1) is 6.77. The summed E-state index contributed by atoms with van der Waals surface area (Å²) in [6.07, 6.45) is 0.929. The van der Waals surface area contributed by atoms with Crippen molar-refractivity contribution in [2.75, 3.05) is 14.2 Å². The Morgan fingerprint density at radius 2 is 2.14 bits per heavy atom. The van der Waals surface area contributed by atoms with Crippen LogP contribution in [-0.2, 0) is 11.2 Å². The third-order valence-corrected chi connectivity index (χ3v) is 2.86. The third-order valence-electron chi connectivity index (χ3n) is 2.86. The molecule has 0 heterocycles. The van der Waals surface area contributed by atoms with Crippen molar-refractivity contribution in [3.63, 3.8) is 0 Å². The van der Waals surface area contributed by atoms with Crippen LogP contribution in [0.25, 0.3) is 0 Å². The molecule has 1 aromatic rings. The highest BCUT2D eigenvalue weighted by atomic mass is 16.5. The molecule has 1 aliphatic rings. The number of ether oxygens (including phenoxy) is 2. The van der Waals surface area contributed by atoms with Gasteiger partial charge < -0.3 is 15.2 Å². The normalized spacial score (nSPS) is 24.8. The second-order valence-electron chi connectivity index (χ2n) is 3.53. The molecule has 0 radical (unpaired) electrons. The van der Waals surface area contributed by atoms with Crippen molar-refractivity contribution < 1.29 is 9.47 Å². The lowest BCUT2D eigenvalue weighted by Gasteiger charge is -2.13. The molecule has 3 nitrogen and oxygen atoms in total. The first-order valence-corrected chi connectivity index (χ1v) is 4.72. The van der Waals surface area contributed by atoms with E-state index in [-0.39, 0.29) is 12.1 Å². The summed E-state index contributed by atoms with van der Waals surface area (Å²) in [6.45, 7) is 0. The fourth-order valence-electron chi connectivity index (χ4n) is 2.06. The monoisotopic (exact) mass is 193 g/mol. The Kier molecular flexibility index (Phi) is 2.44. The molecule has 0 bridgehead atoms. The van der Waals surface area contributed by atoms with Gasteiger partial charge in [-0.25, -0.2) is 0 Å². The van der Waals surface area contributed by atoms with Crippen molar-refractivity contribution in [3.05, 3.63) is 29.3 Å². The summed E-state index contributed by atoms with van der Waals surface area (Å²) < 4.78 is 10.6. The molecule has 2 unspecified atom stereocenters. The van der Waals surface area contributed by atoms with Gasteiger partial charge in [0.25, 0.3) is 0 Å². The van der Waals surface area contributed by atoms with Crippen LogP contribution in [0.1, 0.15) is 17.2 Å². The fourth-order valence-corrected chi connectivity index (χ4v) is 2.06. The van der Waals surface area contributed by atoms with Crippen molar-refractivity contribution in [3.8, 4) is 5.75 Å². The van der Waals surface area contributed by atoms with E-state index in [1.807, 2.05) is 18.2 Å². The fraction of sp³-hybridized carbons (Fsp3) is 0.455. The molecule has 1 aliphatic carbocycles. The van der Waals surface area contributed by atoms with E-state index < -0.39 is 0 Å². The first kappa shape index (κ1) is 9.49. The Hall–Kier alpha value is -1.06. The Bertz CT molecular complexity index is 338. The summed E-state index contributed by atoms with van der Waals surface area (Å²) in [6, 6.07) is 5.95. The molecule has 1 aromatic carbocycles. The maximum atomic E-state index is 6.04. The maximum Gasteiger partial charge on any atom is 0.122 e. The van der Waals surface area contributed by atoms with Gasteiger partial charge in [-0.15, -0.1) is 0 Å². The Morgan fingerprint density at radius 1 is 1.36 bits per heavy atom. The van der Waals surface area contributed by atoms with E-state index in [9.17, 15) is 0 Å². The molecule has 0 aromatic heterocycles. The predicted octanol–water partition coefficient (Wildman–Crippen LogP) is 1.27. The zero-order valence-corrected chi connectivity index (χ0v) is 8.49. The Balaban J connectivity index is 2.42. The van der Waals surface area contributed by atoms with Gasteiger partial charge in [-0.05, 0) is 11.6 Å². The third kappa shape index (κ3) is 1.29. The van der Waals surface area contributed by atoms with Gasteiger partial charge in [-0.2, -0.15) is 0 Å². The lowest BCUT2D eigenvalue weighted by atomic mass is 10.1. The van der Waals surface area contributed by atoms with Gasteiger partial charge in [0.2, 0.25) is 0 Å². The van der Waals surface area contributed by atoms with Crippen molar-refractivity contribution in [2.24, 2.45) is 5.73 Å². The molecule has 0 amide bonds. The molecule has 2 rings (SSSR count). The average Bonchev–Trinajstić information content (AvgIpc) is 2.55. The minimum atomic E-state index is -0.0231. The highest BCUT2D eigenvalue weighted by molar-refractivity contribution is 5.46. The smallest absolute Gasteiger partial charge is 0.122 e. The van der Waals surface area contributed by atoms with Crippen LogP contribution in [0.2, 0.25) is 0 Å². The molecule has 76 valence electrons. The summed E-state index contributed by atoms with van der Waals surface area (Å²) in [7, 11) is 3.38. The van der Waals surface area contributed by atoms with E-state index >= 15 is 0 Å². The van der Waals surface area contributed by atoms with Gasteiger partial charge in [0, 0.05) is 19.1 Å². The number of rotatable bonds is 2. The van der Waals surface area contributed by atoms with E-state index in [2.05, 4.69) is 0 Å². The summed E-state index contributed by atoms with van der Waals surface area (Å²) in [5, 5.41) is 0. The Labute approximate surface area is 83.8 Å². The highest BCUT2D eigenvalue weighted by Crippen LogP contribution is 2.36. The van der Waals surface area contributed by atoms with Crippen LogP contribution in [0.5, 0.6) is 5.75 Å². The molecule has 0 spiro atoms.